The Morgan fingerprint density at radius 3 is 0.946 bits per heavy atom. The van der Waals surface area contributed by atoms with E-state index in [0.29, 0.717) is 112 Å². The normalized spacial score (nSPS) is 16.0. The van der Waals surface area contributed by atoms with Crippen molar-refractivity contribution in [1.82, 2.24) is 72.3 Å². The van der Waals surface area contributed by atoms with Gasteiger partial charge in [0, 0.05) is 91.6 Å². The van der Waals surface area contributed by atoms with Gasteiger partial charge < -0.3 is 47.3 Å². The summed E-state index contributed by atoms with van der Waals surface area (Å²) in [7, 11) is 0. The van der Waals surface area contributed by atoms with Crippen LogP contribution in [0, 0.1) is 38.5 Å². The van der Waals surface area contributed by atoms with E-state index in [-0.39, 0.29) is 29.5 Å². The largest absolute Gasteiger partial charge is 0.335 e. The fourth-order valence-electron chi connectivity index (χ4n) is 23.9. The molecule has 0 atom stereocenters. The van der Waals surface area contributed by atoms with Crippen molar-refractivity contribution in [3.05, 3.63) is 285 Å². The molecule has 7 aliphatic rings. The molecular formula is C123H150Cl3N15O5S3. The summed E-state index contributed by atoms with van der Waals surface area (Å²) < 4.78 is 12.0. The lowest BCUT2D eigenvalue weighted by molar-refractivity contribution is -0.133. The molecule has 20 nitrogen and oxygen atoms in total. The van der Waals surface area contributed by atoms with Gasteiger partial charge in [0.05, 0.1) is 115 Å². The quantitative estimate of drug-likeness (QED) is 0.0392. The van der Waals surface area contributed by atoms with Crippen LogP contribution in [0.5, 0.6) is 0 Å². The summed E-state index contributed by atoms with van der Waals surface area (Å²) in [6.45, 7) is 24.3. The second kappa shape index (κ2) is 51.1. The summed E-state index contributed by atoms with van der Waals surface area (Å²) in [5, 5.41) is 2.19. The first kappa shape index (κ1) is 108. The maximum absolute atomic E-state index is 13.5. The number of thiophene rings is 3. The van der Waals surface area contributed by atoms with Crippen LogP contribution in [0.3, 0.4) is 0 Å². The molecule has 0 radical (unpaired) electrons. The predicted molar refractivity (Wildman–Crippen MR) is 612 cm³/mol. The molecule has 0 saturated heterocycles. The molecule has 7 aliphatic carbocycles. The van der Waals surface area contributed by atoms with Crippen LogP contribution in [0.15, 0.2) is 200 Å². The van der Waals surface area contributed by atoms with Gasteiger partial charge in [-0.2, -0.15) is 0 Å². The maximum atomic E-state index is 13.5. The van der Waals surface area contributed by atoms with Crippen molar-refractivity contribution in [2.24, 2.45) is 17.8 Å². The second-order valence-corrected chi connectivity index (χ2v) is 49.1. The van der Waals surface area contributed by atoms with Gasteiger partial charge in [0.2, 0.25) is 11.8 Å². The Bertz CT molecular complexity index is 7000. The van der Waals surface area contributed by atoms with Gasteiger partial charge in [0.15, 0.2) is 0 Å². The highest BCUT2D eigenvalue weighted by atomic mass is 35.5. The average molecular weight is 2120 g/mol. The highest BCUT2D eigenvalue weighted by molar-refractivity contribution is 7.14. The molecule has 0 unspecified atom stereocenters. The van der Waals surface area contributed by atoms with Crippen LogP contribution in [-0.2, 0) is 55.2 Å². The number of imidazole rings is 5. The first-order valence-electron chi connectivity index (χ1n) is 55.5. The van der Waals surface area contributed by atoms with Crippen LogP contribution in [0.2, 0.25) is 15.1 Å². The van der Waals surface area contributed by atoms with Crippen LogP contribution in [0.25, 0.3) is 55.2 Å². The predicted octanol–water partition coefficient (Wildman–Crippen LogP) is 31.5. The standard InChI is InChI=1S/C26H32ClN3O.C26H31N3O.C24H30ClN3OS.C24H29N3OS.C23H28ClN3OS/c1-19(2)14-15-29(26(31)16-20-8-4-3-5-9-20)18-25-28-23-13-12-21(27)17-24(23)30(25)22-10-6-7-11-22;30-26(18-20-10-2-1-3-11-20)28(21-12-4-5-13-21)19-25-27-23-16-8-9-17-24(23)29(25)22-14-6-7-15-22;1-16(2)12-13-27(24(29)22-11-8-17(3)30-22)15-23-26-20-10-9-18(25)14-21(20)28(23)19-6-4-5-7-19;1-17-14-15-22(29-17)24(28)26(18-8-2-3-9-18)16-23-25-20-12-6-7-13-21(20)27(23)19-10-4-5-11-19;1-15(2)13-26(23(28)21-11-8-16(3)29-21)14-22-25-19-10-9-17(24)12-20(19)27(22)18-6-4-5-7-18/h3-5,8-9,12-13,17,19,22H,6-7,10-11,14-16,18H2,1-2H3;1-3,8-11,16-17,21-22H,4-7,12-15,18-19H2;8-11,14,16,19H,4-7,12-13,15H2,1-3H3;6-7,12-15,18-19H,2-5,8-11,16H2,1H3;8-12,15,18H,4-7,13-14H2,1-3H3. The Morgan fingerprint density at radius 1 is 0.302 bits per heavy atom. The minimum absolute atomic E-state index is 0.0971. The molecule has 5 amide bonds. The summed E-state index contributed by atoms with van der Waals surface area (Å²) in [4.78, 5) is 108. The first-order valence-corrected chi connectivity index (χ1v) is 59.1. The van der Waals surface area contributed by atoms with Crippen molar-refractivity contribution in [2.45, 2.75) is 343 Å². The van der Waals surface area contributed by atoms with E-state index in [1.54, 1.807) is 34.0 Å². The number of rotatable bonds is 32. The molecule has 786 valence electrons. The Balaban J connectivity index is 0.000000122. The molecule has 7 aromatic carbocycles. The summed E-state index contributed by atoms with van der Waals surface area (Å²) >= 11 is 23.7. The molecule has 22 rings (SSSR count). The molecule has 0 N–H and O–H groups in total. The van der Waals surface area contributed by atoms with Gasteiger partial charge in [-0.1, -0.05) is 251 Å². The van der Waals surface area contributed by atoms with Gasteiger partial charge in [-0.15, -0.1) is 34.0 Å². The van der Waals surface area contributed by atoms with Crippen molar-refractivity contribution in [3.63, 3.8) is 0 Å². The maximum Gasteiger partial charge on any atom is 0.264 e. The van der Waals surface area contributed by atoms with E-state index in [1.807, 2.05) is 162 Å². The number of carbonyl (C=O) groups is 5. The fraction of sp³-hybridized carbons (Fsp3) is 0.480. The number of carbonyl (C=O) groups excluding carboxylic acids is 5. The summed E-state index contributed by atoms with van der Waals surface area (Å²) in [6.07, 6.45) is 36.6. The third-order valence-corrected chi connectivity index (χ3v) is 35.1. The van der Waals surface area contributed by atoms with E-state index in [1.165, 1.54) is 131 Å². The minimum atomic E-state index is 0.0971. The SMILES string of the molecule is CC(C)CCN(Cc1nc2ccc(Cl)cc2n1C1CCCC1)C(=O)Cc1ccccc1.Cc1ccc(C(=O)N(CCC(C)C)Cc2nc3ccc(Cl)cc3n2C2CCCC2)s1.Cc1ccc(C(=O)N(Cc2nc3ccc(Cl)cc3n2C2CCCC2)CC(C)C)s1.Cc1ccc(C(=O)N(Cc2nc3ccccc3n2C2CCCC2)C2CCCC2)s1.O=C(Cc1ccccc1)N(Cc1nc2ccccc2n1C1CCCC1)C1CCCC1. The Kier molecular flexibility index (Phi) is 37.0. The van der Waals surface area contributed by atoms with Crippen LogP contribution >= 0.6 is 68.8 Å². The number of amides is 5. The van der Waals surface area contributed by atoms with E-state index in [9.17, 15) is 24.0 Å². The molecule has 8 heterocycles. The van der Waals surface area contributed by atoms with E-state index in [4.69, 9.17) is 59.7 Å². The van der Waals surface area contributed by atoms with Crippen molar-refractivity contribution < 1.29 is 24.0 Å². The van der Waals surface area contributed by atoms with Crippen molar-refractivity contribution in [1.29, 1.82) is 0 Å². The molecule has 15 aromatic rings. The zero-order valence-corrected chi connectivity index (χ0v) is 93.4. The number of benzene rings is 7. The smallest absolute Gasteiger partial charge is 0.264 e. The van der Waals surface area contributed by atoms with Gasteiger partial charge in [-0.3, -0.25) is 24.0 Å². The van der Waals surface area contributed by atoms with Crippen molar-refractivity contribution >= 4 is 154 Å². The van der Waals surface area contributed by atoms with E-state index < -0.39 is 0 Å². The molecule has 26 heteroatoms. The van der Waals surface area contributed by atoms with Gasteiger partial charge in [0.25, 0.3) is 17.7 Å². The molecule has 8 aromatic heterocycles. The monoisotopic (exact) mass is 2120 g/mol. The third kappa shape index (κ3) is 27.1. The summed E-state index contributed by atoms with van der Waals surface area (Å²) in [6, 6.07) is 69.8. The Morgan fingerprint density at radius 2 is 0.591 bits per heavy atom. The van der Waals surface area contributed by atoms with E-state index in [0.717, 1.165) is 214 Å². The van der Waals surface area contributed by atoms with E-state index in [2.05, 4.69) is 148 Å². The third-order valence-electron chi connectivity index (χ3n) is 31.4. The topological polar surface area (TPSA) is 191 Å². The average Bonchev–Trinajstić information content (AvgIpc) is 1.63. The summed E-state index contributed by atoms with van der Waals surface area (Å²) in [5.41, 5.74) is 12.9. The number of aromatic nitrogens is 10. The lowest BCUT2D eigenvalue weighted by atomic mass is 10.1. The lowest BCUT2D eigenvalue weighted by Crippen LogP contribution is -2.40. The second-order valence-electron chi connectivity index (χ2n) is 43.9. The van der Waals surface area contributed by atoms with Crippen molar-refractivity contribution in [3.8, 4) is 0 Å². The molecule has 0 bridgehead atoms. The van der Waals surface area contributed by atoms with Gasteiger partial charge in [-0.25, -0.2) is 24.9 Å². The minimum Gasteiger partial charge on any atom is -0.335 e. The van der Waals surface area contributed by atoms with Gasteiger partial charge in [0.1, 0.15) is 29.1 Å². The molecule has 7 fully saturated rings. The molecule has 0 aliphatic heterocycles. The Hall–Kier alpha value is -10.8. The highest BCUT2D eigenvalue weighted by Gasteiger charge is 2.37. The molecular weight excluding hydrogens is 1970 g/mol. The van der Waals surface area contributed by atoms with E-state index >= 15 is 0 Å². The van der Waals surface area contributed by atoms with Gasteiger partial charge in [-0.05, 0) is 268 Å². The van der Waals surface area contributed by atoms with Crippen LogP contribution in [0.1, 0.15) is 348 Å². The number of hydrogen-bond acceptors (Lipinski definition) is 13. The lowest BCUT2D eigenvalue weighted by Gasteiger charge is -2.30. The number of halogens is 3. The van der Waals surface area contributed by atoms with Crippen LogP contribution in [0.4, 0.5) is 0 Å². The van der Waals surface area contributed by atoms with Gasteiger partial charge >= 0.3 is 0 Å². The van der Waals surface area contributed by atoms with Crippen molar-refractivity contribution in [2.75, 3.05) is 19.6 Å². The Labute approximate surface area is 907 Å². The number of aryl methyl sites for hydroxylation is 3. The van der Waals surface area contributed by atoms with Crippen LogP contribution < -0.4 is 0 Å². The zero-order chi connectivity index (χ0) is 104. The number of para-hydroxylation sites is 4. The molecule has 7 saturated carbocycles. The molecule has 0 spiro atoms. The highest BCUT2D eigenvalue weighted by Crippen LogP contribution is 2.43. The fourth-order valence-corrected chi connectivity index (χ4v) is 26.9. The number of fused-ring (bicyclic) bond motifs is 5. The number of nitrogens with zero attached hydrogens (tertiary/aromatic N) is 15. The molecule has 149 heavy (non-hydrogen) atoms. The summed E-state index contributed by atoms with van der Waals surface area (Å²) in [5.74, 6) is 7.30. The first-order chi connectivity index (χ1) is 72.3. The van der Waals surface area contributed by atoms with Crippen LogP contribution in [-0.4, -0.2) is 134 Å². The zero-order valence-electron chi connectivity index (χ0n) is 88.7. The number of hydrogen-bond donors (Lipinski definition) is 0.